The number of quaternary nitrogens is 1. The molecule has 1 atom stereocenters. The molecule has 1 fully saturated rings. The molecule has 1 aliphatic carbocycles. The van der Waals surface area contributed by atoms with E-state index in [0.29, 0.717) is 25.0 Å². The average Bonchev–Trinajstić information content (AvgIpc) is 2.57. The lowest BCUT2D eigenvalue weighted by Crippen LogP contribution is -2.96. The van der Waals surface area contributed by atoms with E-state index in [4.69, 9.17) is 9.47 Å². The van der Waals surface area contributed by atoms with Crippen molar-refractivity contribution in [2.45, 2.75) is 64.0 Å². The first-order valence-electron chi connectivity index (χ1n) is 9.28. The molecule has 0 bridgehead atoms. The smallest absolute Gasteiger partial charge is 0.282 e. The normalized spacial score (nSPS) is 19.9. The van der Waals surface area contributed by atoms with Gasteiger partial charge < -0.3 is 20.1 Å². The molecule has 0 spiro atoms. The van der Waals surface area contributed by atoms with E-state index in [9.17, 15) is 4.79 Å². The maximum atomic E-state index is 12.5. The quantitative estimate of drug-likeness (QED) is 0.890. The summed E-state index contributed by atoms with van der Waals surface area (Å²) >= 11 is 0. The lowest BCUT2D eigenvalue weighted by molar-refractivity contribution is -0.707. The van der Waals surface area contributed by atoms with E-state index in [1.807, 2.05) is 25.1 Å². The second-order valence-electron chi connectivity index (χ2n) is 6.93. The molecule has 24 heavy (non-hydrogen) atoms. The highest BCUT2D eigenvalue weighted by Gasteiger charge is 2.23. The zero-order valence-corrected chi connectivity index (χ0v) is 14.6. The first-order chi connectivity index (χ1) is 11.7. The summed E-state index contributed by atoms with van der Waals surface area (Å²) in [5, 5.41) is 5.25. The molecular formula is C19H29N2O3+. The molecule has 1 aliphatic heterocycles. The Balaban J connectivity index is 1.53. The van der Waals surface area contributed by atoms with Gasteiger partial charge in [-0.25, -0.2) is 0 Å². The van der Waals surface area contributed by atoms with Crippen LogP contribution < -0.4 is 20.1 Å². The Kier molecular flexibility index (Phi) is 5.96. The molecule has 2 aliphatic rings. The van der Waals surface area contributed by atoms with Gasteiger partial charge in [0.1, 0.15) is 13.2 Å². The highest BCUT2D eigenvalue weighted by molar-refractivity contribution is 5.93. The van der Waals surface area contributed by atoms with Crippen LogP contribution in [0.15, 0.2) is 18.2 Å². The number of anilines is 1. The Morgan fingerprint density at radius 3 is 2.50 bits per heavy atom. The van der Waals surface area contributed by atoms with Crippen LogP contribution in [0.2, 0.25) is 0 Å². The van der Waals surface area contributed by atoms with Gasteiger partial charge in [-0.15, -0.1) is 0 Å². The molecular weight excluding hydrogens is 304 g/mol. The van der Waals surface area contributed by atoms with Crippen molar-refractivity contribution >= 4 is 11.6 Å². The van der Waals surface area contributed by atoms with Gasteiger partial charge >= 0.3 is 0 Å². The molecule has 0 radical (unpaired) electrons. The minimum absolute atomic E-state index is 0.0498. The molecule has 1 aromatic carbocycles. The Hall–Kier alpha value is -1.75. The number of amides is 1. The summed E-state index contributed by atoms with van der Waals surface area (Å²) in [6.07, 6.45) is 9.07. The number of fused-ring (bicyclic) bond motifs is 1. The van der Waals surface area contributed by atoms with Crippen molar-refractivity contribution in [2.24, 2.45) is 0 Å². The highest BCUT2D eigenvalue weighted by atomic mass is 16.6. The van der Waals surface area contributed by atoms with Crippen LogP contribution in [-0.4, -0.2) is 31.2 Å². The van der Waals surface area contributed by atoms with Crippen molar-refractivity contribution in [3.05, 3.63) is 18.2 Å². The molecule has 1 amide bonds. The average molecular weight is 333 g/mol. The Morgan fingerprint density at radius 1 is 1.08 bits per heavy atom. The van der Waals surface area contributed by atoms with Gasteiger partial charge in [0.25, 0.3) is 5.91 Å². The monoisotopic (exact) mass is 333 g/mol. The molecule has 3 N–H and O–H groups in total. The number of nitrogens with one attached hydrogen (secondary N) is 1. The molecule has 1 saturated carbocycles. The molecule has 0 unspecified atom stereocenters. The fourth-order valence-corrected chi connectivity index (χ4v) is 3.55. The fraction of sp³-hybridized carbons (Fsp3) is 0.632. The number of carbonyl (C=O) groups excluding carboxylic acids is 1. The summed E-state index contributed by atoms with van der Waals surface area (Å²) in [4.78, 5) is 12.5. The van der Waals surface area contributed by atoms with Gasteiger partial charge in [-0.1, -0.05) is 19.3 Å². The van der Waals surface area contributed by atoms with Crippen molar-refractivity contribution in [3.8, 4) is 11.5 Å². The Morgan fingerprint density at radius 2 is 1.75 bits per heavy atom. The predicted molar refractivity (Wildman–Crippen MR) is 93.6 cm³/mol. The number of ether oxygens (including phenoxy) is 2. The minimum Gasteiger partial charge on any atom is -0.486 e. The van der Waals surface area contributed by atoms with Gasteiger partial charge in [-0.05, 0) is 44.7 Å². The van der Waals surface area contributed by atoms with Crippen LogP contribution in [0.25, 0.3) is 0 Å². The maximum Gasteiger partial charge on any atom is 0.282 e. The first-order valence-corrected chi connectivity index (χ1v) is 9.28. The topological polar surface area (TPSA) is 64.2 Å². The lowest BCUT2D eigenvalue weighted by atomic mass is 9.96. The molecule has 1 heterocycles. The third-order valence-corrected chi connectivity index (χ3v) is 4.93. The van der Waals surface area contributed by atoms with Crippen LogP contribution in [0.5, 0.6) is 11.5 Å². The van der Waals surface area contributed by atoms with Crippen molar-refractivity contribution in [1.82, 2.24) is 0 Å². The second kappa shape index (κ2) is 8.38. The zero-order chi connectivity index (χ0) is 16.8. The third-order valence-electron chi connectivity index (χ3n) is 4.93. The van der Waals surface area contributed by atoms with E-state index >= 15 is 0 Å². The number of hydrogen-bond donors (Lipinski definition) is 2. The molecule has 0 saturated heterocycles. The fourth-order valence-electron chi connectivity index (χ4n) is 3.55. The Labute approximate surface area is 144 Å². The highest BCUT2D eigenvalue weighted by Crippen LogP contribution is 2.32. The number of rotatable bonds is 4. The molecule has 132 valence electrons. The predicted octanol–water partition coefficient (Wildman–Crippen LogP) is 2.46. The van der Waals surface area contributed by atoms with Gasteiger partial charge in [0, 0.05) is 11.8 Å². The summed E-state index contributed by atoms with van der Waals surface area (Å²) in [5.74, 6) is 1.50. The van der Waals surface area contributed by atoms with Crippen molar-refractivity contribution in [1.29, 1.82) is 0 Å². The Bertz CT molecular complexity index is 554. The van der Waals surface area contributed by atoms with E-state index < -0.39 is 0 Å². The van der Waals surface area contributed by atoms with Crippen LogP contribution in [0.4, 0.5) is 5.69 Å². The van der Waals surface area contributed by atoms with E-state index in [2.05, 4.69) is 10.6 Å². The standard InChI is InChI=1S/C19H28N2O3/c1-14(20-15-7-5-3-2-4-6-8-15)19(22)21-16-9-10-17-18(13-16)24-12-11-23-17/h9-10,13-15,20H,2-8,11-12H2,1H3,(H,21,22)/p+1/t14-/m0/s1. The second-order valence-corrected chi connectivity index (χ2v) is 6.93. The summed E-state index contributed by atoms with van der Waals surface area (Å²) < 4.78 is 11.1. The van der Waals surface area contributed by atoms with Gasteiger partial charge in [-0.2, -0.15) is 0 Å². The first kappa shape index (κ1) is 17.1. The zero-order valence-electron chi connectivity index (χ0n) is 14.6. The SMILES string of the molecule is C[C@H]([NH2+]C1CCCCCCC1)C(=O)Nc1ccc2c(c1)OCCO2. The minimum atomic E-state index is -0.0809. The summed E-state index contributed by atoms with van der Waals surface area (Å²) in [5.41, 5.74) is 0.766. The van der Waals surface area contributed by atoms with E-state index in [0.717, 1.165) is 11.4 Å². The van der Waals surface area contributed by atoms with E-state index in [1.54, 1.807) is 0 Å². The summed E-state index contributed by atoms with van der Waals surface area (Å²) in [6.45, 7) is 3.12. The molecule has 1 aromatic rings. The van der Waals surface area contributed by atoms with Crippen LogP contribution in [-0.2, 0) is 4.79 Å². The largest absolute Gasteiger partial charge is 0.486 e. The summed E-state index contributed by atoms with van der Waals surface area (Å²) in [6, 6.07) is 6.06. The molecule has 0 aromatic heterocycles. The number of carbonyl (C=O) groups is 1. The summed E-state index contributed by atoms with van der Waals surface area (Å²) in [7, 11) is 0. The maximum absolute atomic E-state index is 12.5. The third kappa shape index (κ3) is 4.63. The molecule has 5 nitrogen and oxygen atoms in total. The van der Waals surface area contributed by atoms with E-state index in [1.165, 1.54) is 44.9 Å². The van der Waals surface area contributed by atoms with E-state index in [-0.39, 0.29) is 11.9 Å². The number of nitrogens with two attached hydrogens (primary N) is 1. The van der Waals surface area contributed by atoms with Crippen LogP contribution in [0.3, 0.4) is 0 Å². The number of hydrogen-bond acceptors (Lipinski definition) is 3. The lowest BCUT2D eigenvalue weighted by Gasteiger charge is -2.22. The van der Waals surface area contributed by atoms with Crippen molar-refractivity contribution < 1.29 is 19.6 Å². The van der Waals surface area contributed by atoms with Crippen LogP contribution in [0.1, 0.15) is 51.9 Å². The molecule has 5 heteroatoms. The van der Waals surface area contributed by atoms with Crippen LogP contribution >= 0.6 is 0 Å². The van der Waals surface area contributed by atoms with Gasteiger partial charge in [-0.3, -0.25) is 4.79 Å². The van der Waals surface area contributed by atoms with Crippen LogP contribution in [0, 0.1) is 0 Å². The van der Waals surface area contributed by atoms with Gasteiger partial charge in [0.15, 0.2) is 17.5 Å². The molecule has 3 rings (SSSR count). The number of benzene rings is 1. The van der Waals surface area contributed by atoms with Gasteiger partial charge in [0.05, 0.1) is 6.04 Å². The van der Waals surface area contributed by atoms with Crippen molar-refractivity contribution in [2.75, 3.05) is 18.5 Å². The van der Waals surface area contributed by atoms with Gasteiger partial charge in [0.2, 0.25) is 0 Å². The van der Waals surface area contributed by atoms with Crippen molar-refractivity contribution in [3.63, 3.8) is 0 Å².